The number of para-hydroxylation sites is 1. The number of pyridine rings is 1. The topological polar surface area (TPSA) is 12.9 Å². The van der Waals surface area contributed by atoms with E-state index in [4.69, 9.17) is 4.98 Å². The highest BCUT2D eigenvalue weighted by Gasteiger charge is 2.53. The first kappa shape index (κ1) is 39.8. The van der Waals surface area contributed by atoms with Gasteiger partial charge in [-0.2, -0.15) is 0 Å². The Morgan fingerprint density at radius 2 is 1.19 bits per heavy atom. The fourth-order valence-corrected chi connectivity index (χ4v) is 10.6. The Labute approximate surface area is 372 Å². The van der Waals surface area contributed by atoms with Crippen molar-refractivity contribution in [3.8, 4) is 56.5 Å². The molecule has 0 saturated carbocycles. The molecule has 7 aromatic carbocycles. The van der Waals surface area contributed by atoms with Crippen molar-refractivity contribution in [3.05, 3.63) is 221 Å². The molecule has 1 atom stereocenters. The van der Waals surface area contributed by atoms with Crippen molar-refractivity contribution in [1.82, 2.24) is 4.98 Å². The third-order valence-electron chi connectivity index (χ3n) is 13.1. The molecule has 8 aromatic rings. The van der Waals surface area contributed by atoms with Gasteiger partial charge >= 0.3 is 0 Å². The van der Waals surface area contributed by atoms with Gasteiger partial charge < -0.3 is 0 Å². The number of fused-ring (bicyclic) bond motifs is 13. The molecule has 0 N–H and O–H groups in total. The van der Waals surface area contributed by atoms with Gasteiger partial charge in [-0.05, 0) is 121 Å². The van der Waals surface area contributed by atoms with Gasteiger partial charge in [-0.1, -0.05) is 197 Å². The summed E-state index contributed by atoms with van der Waals surface area (Å²) in [4.78, 5) is 5.51. The minimum Gasteiger partial charge on any atom is -0.247 e. The van der Waals surface area contributed by atoms with Crippen LogP contribution in [-0.4, -0.2) is 4.98 Å². The van der Waals surface area contributed by atoms with Crippen molar-refractivity contribution < 1.29 is 0 Å². The van der Waals surface area contributed by atoms with Crippen molar-refractivity contribution >= 4 is 32.8 Å². The highest BCUT2D eigenvalue weighted by molar-refractivity contribution is 6.20. The molecule has 0 radical (unpaired) electrons. The van der Waals surface area contributed by atoms with E-state index in [1.807, 2.05) is 27.7 Å². The van der Waals surface area contributed by atoms with Crippen molar-refractivity contribution in [1.29, 1.82) is 0 Å². The van der Waals surface area contributed by atoms with E-state index in [2.05, 4.69) is 200 Å². The van der Waals surface area contributed by atoms with Crippen molar-refractivity contribution in [3.63, 3.8) is 0 Å². The van der Waals surface area contributed by atoms with Crippen LogP contribution in [0.5, 0.6) is 0 Å². The molecule has 0 aliphatic heterocycles. The Morgan fingerprint density at radius 1 is 0.524 bits per heavy atom. The molecule has 304 valence electrons. The number of aromatic nitrogens is 1. The Hall–Kier alpha value is -7.27. The van der Waals surface area contributed by atoms with Crippen LogP contribution in [0.4, 0.5) is 0 Å². The zero-order valence-electron chi connectivity index (χ0n) is 36.7. The van der Waals surface area contributed by atoms with E-state index in [9.17, 15) is 0 Å². The fraction of sp³-hybridized carbons (Fsp3) is 0.145. The Bertz CT molecular complexity index is 3270. The summed E-state index contributed by atoms with van der Waals surface area (Å²) in [6.07, 6.45) is 14.9. The smallest absolute Gasteiger partial charge is 0.0788 e. The number of rotatable bonds is 4. The van der Waals surface area contributed by atoms with Gasteiger partial charge in [0.2, 0.25) is 0 Å². The van der Waals surface area contributed by atoms with Crippen molar-refractivity contribution in [2.75, 3.05) is 0 Å². The lowest BCUT2D eigenvalue weighted by Crippen LogP contribution is -2.27. The minimum atomic E-state index is -0.323. The summed E-state index contributed by atoms with van der Waals surface area (Å²) in [7, 11) is 0. The van der Waals surface area contributed by atoms with Crippen LogP contribution >= 0.6 is 0 Å². The van der Waals surface area contributed by atoms with E-state index in [0.29, 0.717) is 0 Å². The lowest BCUT2D eigenvalue weighted by molar-refractivity contribution is 0.714. The summed E-state index contributed by atoms with van der Waals surface area (Å²) >= 11 is 0. The number of benzene rings is 7. The van der Waals surface area contributed by atoms with Crippen LogP contribution in [0, 0.1) is 11.8 Å². The van der Waals surface area contributed by atoms with E-state index < -0.39 is 0 Å². The lowest BCUT2D eigenvalue weighted by Gasteiger charge is -2.33. The molecule has 0 amide bonds. The van der Waals surface area contributed by atoms with Crippen LogP contribution in [-0.2, 0) is 5.41 Å². The molecule has 1 heterocycles. The zero-order valence-corrected chi connectivity index (χ0v) is 36.7. The molecule has 4 aliphatic carbocycles. The van der Waals surface area contributed by atoms with Gasteiger partial charge in [0.05, 0.1) is 16.6 Å². The predicted molar refractivity (Wildman–Crippen MR) is 269 cm³/mol. The van der Waals surface area contributed by atoms with Crippen LogP contribution in [0.2, 0.25) is 0 Å². The number of hydrogen-bond acceptors (Lipinski definition) is 1. The molecule has 0 bridgehead atoms. The molecule has 1 aromatic heterocycles. The average Bonchev–Trinajstić information content (AvgIpc) is 3.82. The molecular weight excluding hydrogens is 759 g/mol. The minimum absolute atomic E-state index is 0.323. The Morgan fingerprint density at radius 3 is 2.03 bits per heavy atom. The normalized spacial score (nSPS) is 17.6. The van der Waals surface area contributed by atoms with E-state index in [0.717, 1.165) is 48.0 Å². The number of allylic oxidation sites excluding steroid dienone is 8. The van der Waals surface area contributed by atoms with Crippen LogP contribution in [0.3, 0.4) is 0 Å². The highest BCUT2D eigenvalue weighted by Crippen LogP contribution is 2.65. The summed E-state index contributed by atoms with van der Waals surface area (Å²) in [6, 6.07) is 58.7. The molecule has 4 aliphatic rings. The summed E-state index contributed by atoms with van der Waals surface area (Å²) in [5.41, 5.74) is 21.2. The SMILES string of the molecule is C1#CC/C(c2cc(-c3ccccc3)cc(-c3cccc(-c4nc5ccccc5c5c6c(ccc45)C4(C5=C(C=CCC5)c5ccccc54)c4ccccc4-6)c3)c2)=C\C=C/C1.CC.CC. The zero-order chi connectivity index (χ0) is 42.9. The van der Waals surface area contributed by atoms with Gasteiger partial charge in [-0.3, -0.25) is 0 Å². The van der Waals surface area contributed by atoms with E-state index >= 15 is 0 Å². The second-order valence-electron chi connectivity index (χ2n) is 16.2. The lowest BCUT2D eigenvalue weighted by atomic mass is 9.68. The van der Waals surface area contributed by atoms with Gasteiger partial charge in [0.15, 0.2) is 0 Å². The quantitative estimate of drug-likeness (QED) is 0.127. The van der Waals surface area contributed by atoms with Crippen molar-refractivity contribution in [2.45, 2.75) is 58.8 Å². The van der Waals surface area contributed by atoms with Gasteiger partial charge in [0, 0.05) is 34.6 Å². The van der Waals surface area contributed by atoms with Gasteiger partial charge in [0.25, 0.3) is 0 Å². The number of nitrogens with zero attached hydrogens (tertiary/aromatic N) is 1. The molecule has 1 spiro atoms. The van der Waals surface area contributed by atoms with Gasteiger partial charge in [-0.15, -0.1) is 0 Å². The summed E-state index contributed by atoms with van der Waals surface area (Å²) < 4.78 is 0. The first-order valence-corrected chi connectivity index (χ1v) is 22.9. The molecule has 0 fully saturated rings. The van der Waals surface area contributed by atoms with Crippen LogP contribution in [0.25, 0.3) is 77.5 Å². The summed E-state index contributed by atoms with van der Waals surface area (Å²) in [6.45, 7) is 8.00. The first-order chi connectivity index (χ1) is 31.3. The maximum absolute atomic E-state index is 5.51. The second-order valence-corrected chi connectivity index (χ2v) is 16.2. The molecular formula is C62H51N. The molecule has 1 heteroatoms. The predicted octanol–water partition coefficient (Wildman–Crippen LogP) is 16.6. The average molecular weight is 810 g/mol. The third kappa shape index (κ3) is 6.44. The standard InChI is InChI=1S/C58H39N.2C2H6/c1-2-5-18-38(19-6-3-1)42-35-43(39-20-7-4-8-21-39)37-44(36-42)40-22-17-23-41(34-40)57-49-32-33-53-56(55(49)48-27-12-16-31-54(48)59-57)47-26-11-15-30-52(47)58(53)50-28-13-9-24-45(50)46-25-10-14-29-51(46)58;2*1-2/h2,4-5,7-13,15-18,20-28,30-37H,1,14,19,29H2;2*1-2H3/b5-2-,38-18+;;. The second kappa shape index (κ2) is 16.9. The molecule has 0 saturated heterocycles. The number of hydrogen-bond donors (Lipinski definition) is 0. The highest BCUT2D eigenvalue weighted by atomic mass is 14.7. The molecule has 1 nitrogen and oxygen atoms in total. The van der Waals surface area contributed by atoms with Gasteiger partial charge in [-0.25, -0.2) is 4.98 Å². The van der Waals surface area contributed by atoms with Crippen LogP contribution < -0.4 is 0 Å². The summed E-state index contributed by atoms with van der Waals surface area (Å²) in [5, 5.41) is 3.66. The maximum atomic E-state index is 5.51. The monoisotopic (exact) mass is 809 g/mol. The van der Waals surface area contributed by atoms with Crippen LogP contribution in [0.1, 0.15) is 81.2 Å². The van der Waals surface area contributed by atoms with Gasteiger partial charge in [0.1, 0.15) is 0 Å². The third-order valence-corrected chi connectivity index (χ3v) is 13.1. The Kier molecular flexibility index (Phi) is 10.7. The first-order valence-electron chi connectivity index (χ1n) is 22.9. The van der Waals surface area contributed by atoms with Crippen molar-refractivity contribution in [2.24, 2.45) is 0 Å². The Balaban J connectivity index is 0.00000115. The van der Waals surface area contributed by atoms with E-state index in [1.54, 1.807) is 0 Å². The molecule has 1 unspecified atom stereocenters. The maximum Gasteiger partial charge on any atom is 0.0788 e. The molecule has 12 rings (SSSR count). The summed E-state index contributed by atoms with van der Waals surface area (Å²) in [5.74, 6) is 6.69. The fourth-order valence-electron chi connectivity index (χ4n) is 10.6. The van der Waals surface area contributed by atoms with E-state index in [1.165, 1.54) is 88.5 Å². The van der Waals surface area contributed by atoms with Crippen LogP contribution in [0.15, 0.2) is 194 Å². The molecule has 63 heavy (non-hydrogen) atoms. The van der Waals surface area contributed by atoms with E-state index in [-0.39, 0.29) is 5.41 Å². The largest absolute Gasteiger partial charge is 0.247 e.